The van der Waals surface area contributed by atoms with E-state index < -0.39 is 16.3 Å². The number of aliphatic hydroxyl groups excluding tert-OH is 1. The normalized spacial score (nSPS) is 15.7. The molecule has 0 saturated heterocycles. The smallest absolute Gasteiger partial charge is 0.266 e. The van der Waals surface area contributed by atoms with Crippen LogP contribution >= 0.6 is 22.1 Å². The van der Waals surface area contributed by atoms with E-state index in [1.54, 1.807) is 29.6 Å². The number of benzene rings is 2. The van der Waals surface area contributed by atoms with Gasteiger partial charge in [-0.1, -0.05) is 53.2 Å². The maximum atomic E-state index is 13.6. The molecule has 164 valence electrons. The number of hydrogen-bond donors (Lipinski definition) is 5. The highest BCUT2D eigenvalue weighted by molar-refractivity contribution is 8.23. The molecule has 32 heavy (non-hydrogen) atoms. The van der Waals surface area contributed by atoms with Gasteiger partial charge in [0.05, 0.1) is 18.7 Å². The quantitative estimate of drug-likeness (QED) is 0.305. The van der Waals surface area contributed by atoms with Crippen LogP contribution in [0.1, 0.15) is 16.7 Å². The number of hydrogen-bond acceptors (Lipinski definition) is 8. The van der Waals surface area contributed by atoms with E-state index in [0.29, 0.717) is 21.5 Å². The summed E-state index contributed by atoms with van der Waals surface area (Å²) in [5, 5.41) is 25.9. The molecule has 0 atom stereocenters. The topological polar surface area (TPSA) is 127 Å². The van der Waals surface area contributed by atoms with Gasteiger partial charge in [0, 0.05) is 16.3 Å². The summed E-state index contributed by atoms with van der Waals surface area (Å²) in [6.07, 6.45) is 0. The van der Waals surface area contributed by atoms with Gasteiger partial charge in [0.1, 0.15) is 21.2 Å². The Hall–Kier alpha value is -3.15. The molecule has 0 bridgehead atoms. The lowest BCUT2D eigenvalue weighted by Gasteiger charge is -2.33. The van der Waals surface area contributed by atoms with Gasteiger partial charge in [-0.15, -0.1) is 15.7 Å². The van der Waals surface area contributed by atoms with Crippen molar-refractivity contribution in [2.24, 2.45) is 4.40 Å². The van der Waals surface area contributed by atoms with Crippen LogP contribution in [-0.2, 0) is 13.2 Å². The maximum Gasteiger partial charge on any atom is 0.266 e. The van der Waals surface area contributed by atoms with Crippen LogP contribution in [0.4, 0.5) is 5.00 Å². The Kier molecular flexibility index (Phi) is 5.03. The molecule has 0 amide bonds. The van der Waals surface area contributed by atoms with E-state index in [9.17, 15) is 24.1 Å². The van der Waals surface area contributed by atoms with Crippen LogP contribution in [-0.4, -0.2) is 29.7 Å². The van der Waals surface area contributed by atoms with Gasteiger partial charge >= 0.3 is 0 Å². The number of aromatic hydroxyl groups is 1. The second kappa shape index (κ2) is 7.76. The van der Waals surface area contributed by atoms with Crippen molar-refractivity contribution in [3.05, 3.63) is 87.0 Å². The van der Waals surface area contributed by atoms with Crippen molar-refractivity contribution in [3.8, 4) is 5.75 Å². The minimum atomic E-state index is -3.68. The summed E-state index contributed by atoms with van der Waals surface area (Å²) in [7, 11) is -3.68. The first kappa shape index (κ1) is 20.7. The summed E-state index contributed by atoms with van der Waals surface area (Å²) in [5.74, 6) is -0.419. The lowest BCUT2D eigenvalue weighted by Crippen LogP contribution is -2.32. The van der Waals surface area contributed by atoms with Gasteiger partial charge in [-0.2, -0.15) is 0 Å². The van der Waals surface area contributed by atoms with Gasteiger partial charge in [0.15, 0.2) is 5.84 Å². The third-order valence-corrected chi connectivity index (χ3v) is 7.80. The summed E-state index contributed by atoms with van der Waals surface area (Å²) >= 11 is 1.16. The van der Waals surface area contributed by atoms with E-state index in [4.69, 9.17) is 0 Å². The Balaban J connectivity index is 1.73. The van der Waals surface area contributed by atoms with Gasteiger partial charge in [-0.25, -0.2) is 0 Å². The molecule has 5 rings (SSSR count). The first-order chi connectivity index (χ1) is 15.4. The summed E-state index contributed by atoms with van der Waals surface area (Å²) in [6.45, 7) is -0.116. The summed E-state index contributed by atoms with van der Waals surface area (Å²) in [5.41, 5.74) is 1.12. The molecule has 0 radical (unpaired) electrons. The van der Waals surface area contributed by atoms with Gasteiger partial charge in [-0.05, 0) is 17.7 Å². The summed E-state index contributed by atoms with van der Waals surface area (Å²) in [6, 6.07) is 16.4. The third-order valence-electron chi connectivity index (χ3n) is 5.28. The van der Waals surface area contributed by atoms with Crippen LogP contribution in [0.25, 0.3) is 10.9 Å². The predicted octanol–water partition coefficient (Wildman–Crippen LogP) is 4.21. The highest BCUT2D eigenvalue weighted by Gasteiger charge is 2.33. The number of fused-ring (bicyclic) bond motifs is 2. The standard InChI is InChI=1S/C22H19N3O5S2/c26-11-14-12-31-21-19(14)32(29,30)24-20(23-21)17-18(27)15-8-4-5-9-16(15)25(22(17)28)10-13-6-2-1-3-7-13/h1-9,12,26-27,29-30H,10-11H2,(H,23,24). The molecular formula is C22H19N3O5S2. The average molecular weight is 470 g/mol. The number of aromatic nitrogens is 1. The summed E-state index contributed by atoms with van der Waals surface area (Å²) < 4.78 is 26.9. The fourth-order valence-electron chi connectivity index (χ4n) is 3.82. The van der Waals surface area contributed by atoms with Gasteiger partial charge in [0.25, 0.3) is 5.56 Å². The Bertz CT molecular complexity index is 1430. The number of para-hydroxylation sites is 1. The number of nitrogens with one attached hydrogen (secondary N) is 1. The van der Waals surface area contributed by atoms with Crippen LogP contribution in [0.15, 0.2) is 74.1 Å². The molecule has 1 aliphatic rings. The fraction of sp³-hybridized carbons (Fsp3) is 0.0909. The van der Waals surface area contributed by atoms with Crippen LogP contribution in [0.5, 0.6) is 5.75 Å². The minimum absolute atomic E-state index is 0.110. The van der Waals surface area contributed by atoms with E-state index in [-0.39, 0.29) is 35.2 Å². The monoisotopic (exact) mass is 469 g/mol. The zero-order valence-electron chi connectivity index (χ0n) is 16.6. The van der Waals surface area contributed by atoms with Crippen LogP contribution in [0.2, 0.25) is 0 Å². The largest absolute Gasteiger partial charge is 0.506 e. The van der Waals surface area contributed by atoms with E-state index in [0.717, 1.165) is 16.9 Å². The molecule has 0 aliphatic carbocycles. The van der Waals surface area contributed by atoms with Crippen molar-refractivity contribution < 1.29 is 19.3 Å². The molecule has 2 aromatic carbocycles. The van der Waals surface area contributed by atoms with Crippen molar-refractivity contribution in [2.45, 2.75) is 18.0 Å². The fourth-order valence-corrected chi connectivity index (χ4v) is 6.47. The summed E-state index contributed by atoms with van der Waals surface area (Å²) in [4.78, 5) is 13.7. The average Bonchev–Trinajstić information content (AvgIpc) is 3.21. The predicted molar refractivity (Wildman–Crippen MR) is 127 cm³/mol. The molecule has 2 aromatic heterocycles. The van der Waals surface area contributed by atoms with E-state index in [1.165, 1.54) is 4.57 Å². The molecule has 4 aromatic rings. The lowest BCUT2D eigenvalue weighted by molar-refractivity contribution is 0.278. The van der Waals surface area contributed by atoms with Crippen molar-refractivity contribution >= 4 is 43.9 Å². The highest BCUT2D eigenvalue weighted by atomic mass is 32.3. The second-order valence-corrected chi connectivity index (χ2v) is 9.79. The second-order valence-electron chi connectivity index (χ2n) is 7.28. The van der Waals surface area contributed by atoms with Gasteiger partial charge < -0.3 is 20.1 Å². The molecular weight excluding hydrogens is 450 g/mol. The maximum absolute atomic E-state index is 13.6. The number of pyridine rings is 1. The molecule has 0 spiro atoms. The van der Waals surface area contributed by atoms with E-state index >= 15 is 0 Å². The molecule has 0 fully saturated rings. The number of amidine groups is 1. The van der Waals surface area contributed by atoms with Crippen molar-refractivity contribution in [2.75, 3.05) is 5.32 Å². The molecule has 1 aliphatic heterocycles. The molecule has 10 heteroatoms. The Labute approximate surface area is 188 Å². The molecule has 5 N–H and O–H groups in total. The zero-order chi connectivity index (χ0) is 22.5. The van der Waals surface area contributed by atoms with Gasteiger partial charge in [-0.3, -0.25) is 13.9 Å². The Morgan fingerprint density at radius 3 is 2.53 bits per heavy atom. The lowest BCUT2D eigenvalue weighted by atomic mass is 10.1. The number of nitrogens with zero attached hydrogens (tertiary/aromatic N) is 2. The number of thiophene rings is 1. The number of anilines is 1. The number of rotatable bonds is 4. The highest BCUT2D eigenvalue weighted by Crippen LogP contribution is 2.59. The molecule has 0 saturated carbocycles. The van der Waals surface area contributed by atoms with E-state index in [1.807, 2.05) is 30.3 Å². The SMILES string of the molecule is O=c1c(C2=NS(O)(O)c3c(CO)csc3N2)c(O)c2ccccc2n1Cc1ccccc1. The van der Waals surface area contributed by atoms with Crippen LogP contribution < -0.4 is 10.9 Å². The third kappa shape index (κ3) is 3.29. The van der Waals surface area contributed by atoms with Crippen LogP contribution in [0, 0.1) is 0 Å². The molecule has 3 heterocycles. The van der Waals surface area contributed by atoms with E-state index in [2.05, 4.69) is 9.71 Å². The van der Waals surface area contributed by atoms with Gasteiger partial charge in [0.2, 0.25) is 0 Å². The number of aliphatic hydroxyl groups is 1. The zero-order valence-corrected chi connectivity index (χ0v) is 18.2. The minimum Gasteiger partial charge on any atom is -0.506 e. The van der Waals surface area contributed by atoms with Crippen molar-refractivity contribution in [1.29, 1.82) is 0 Å². The van der Waals surface area contributed by atoms with Crippen molar-refractivity contribution in [1.82, 2.24) is 4.57 Å². The first-order valence-corrected chi connectivity index (χ1v) is 12.0. The Morgan fingerprint density at radius 1 is 1.06 bits per heavy atom. The Morgan fingerprint density at radius 2 is 1.78 bits per heavy atom. The first-order valence-electron chi connectivity index (χ1n) is 9.66. The molecule has 0 unspecified atom stereocenters. The molecule has 8 nitrogen and oxygen atoms in total. The van der Waals surface area contributed by atoms with Crippen LogP contribution in [0.3, 0.4) is 0 Å². The van der Waals surface area contributed by atoms with Crippen molar-refractivity contribution in [3.63, 3.8) is 0 Å².